The molecule has 0 fully saturated rings. The Bertz CT molecular complexity index is 642. The predicted octanol–water partition coefficient (Wildman–Crippen LogP) is 4.91. The van der Waals surface area contributed by atoms with Gasteiger partial charge in [0.25, 0.3) is 0 Å². The maximum Gasteiger partial charge on any atom is 0.315 e. The second-order valence-corrected chi connectivity index (χ2v) is 5.64. The molecule has 7 heteroatoms. The zero-order valence-electron chi connectivity index (χ0n) is 10.5. The number of nitro groups is 1. The van der Waals surface area contributed by atoms with Crippen LogP contribution in [0.3, 0.4) is 0 Å². The number of hydrogen-bond acceptors (Lipinski definition) is 4. The zero-order valence-corrected chi connectivity index (χ0v) is 13.7. The Morgan fingerprint density at radius 1 is 1.05 bits per heavy atom. The van der Waals surface area contributed by atoms with E-state index in [1.807, 2.05) is 18.2 Å². The van der Waals surface area contributed by atoms with E-state index < -0.39 is 4.92 Å². The summed E-state index contributed by atoms with van der Waals surface area (Å²) in [4.78, 5) is 10.9. The highest BCUT2D eigenvalue weighted by Gasteiger charge is 2.20. The lowest BCUT2D eigenvalue weighted by atomic mass is 10.2. The van der Waals surface area contributed by atoms with Gasteiger partial charge in [0.2, 0.25) is 0 Å². The lowest BCUT2D eigenvalue weighted by Gasteiger charge is -2.12. The smallest absolute Gasteiger partial charge is 0.315 e. The topological polar surface area (TPSA) is 67.2 Å². The molecule has 0 aromatic heterocycles. The third-order valence-corrected chi connectivity index (χ3v) is 4.03. The van der Waals surface area contributed by atoms with Crippen molar-refractivity contribution in [2.45, 2.75) is 0 Å². The number of nitrogens with zero attached hydrogens (tertiary/aromatic N) is 1. The Morgan fingerprint density at radius 3 is 2.15 bits per heavy atom. The Hall–Kier alpha value is -1.60. The molecule has 0 amide bonds. The van der Waals surface area contributed by atoms with Gasteiger partial charge in [-0.3, -0.25) is 10.1 Å². The number of nitro benzene ring substituents is 1. The van der Waals surface area contributed by atoms with Crippen LogP contribution in [0.1, 0.15) is 0 Å². The summed E-state index contributed by atoms with van der Waals surface area (Å²) in [6.07, 6.45) is 0. The fourth-order valence-electron chi connectivity index (χ4n) is 1.79. The second kappa shape index (κ2) is 6.23. The van der Waals surface area contributed by atoms with Gasteiger partial charge in [0.1, 0.15) is 11.4 Å². The minimum Gasteiger partial charge on any atom is -0.382 e. The highest BCUT2D eigenvalue weighted by Crippen LogP contribution is 2.38. The molecule has 0 spiro atoms. The quantitative estimate of drug-likeness (QED) is 0.565. The van der Waals surface area contributed by atoms with Crippen molar-refractivity contribution in [2.24, 2.45) is 0 Å². The van der Waals surface area contributed by atoms with Crippen LogP contribution < -0.4 is 10.6 Å². The SMILES string of the molecule is CNc1cccc(Nc2c(Br)cccc2Br)c1[N+](=O)[O-]. The van der Waals surface area contributed by atoms with Crippen LogP contribution in [0.5, 0.6) is 0 Å². The van der Waals surface area contributed by atoms with Crippen molar-refractivity contribution in [3.05, 3.63) is 55.5 Å². The lowest BCUT2D eigenvalue weighted by Crippen LogP contribution is -2.02. The fraction of sp³-hybridized carbons (Fsp3) is 0.0769. The van der Waals surface area contributed by atoms with Gasteiger partial charge in [-0.05, 0) is 56.1 Å². The number of hydrogen-bond donors (Lipinski definition) is 2. The molecule has 0 saturated heterocycles. The van der Waals surface area contributed by atoms with Crippen LogP contribution in [0.2, 0.25) is 0 Å². The summed E-state index contributed by atoms with van der Waals surface area (Å²) in [6.45, 7) is 0. The van der Waals surface area contributed by atoms with E-state index in [9.17, 15) is 10.1 Å². The van der Waals surface area contributed by atoms with Gasteiger partial charge in [0, 0.05) is 16.0 Å². The Morgan fingerprint density at radius 2 is 1.60 bits per heavy atom. The van der Waals surface area contributed by atoms with Crippen LogP contribution in [0, 0.1) is 10.1 Å². The number of halogens is 2. The molecule has 0 unspecified atom stereocenters. The van der Waals surface area contributed by atoms with Gasteiger partial charge in [0.05, 0.1) is 10.6 Å². The number of anilines is 3. The van der Waals surface area contributed by atoms with Crippen molar-refractivity contribution in [3.8, 4) is 0 Å². The van der Waals surface area contributed by atoms with E-state index in [2.05, 4.69) is 42.5 Å². The third kappa shape index (κ3) is 2.94. The van der Waals surface area contributed by atoms with Gasteiger partial charge < -0.3 is 10.6 Å². The van der Waals surface area contributed by atoms with E-state index in [4.69, 9.17) is 0 Å². The minimum absolute atomic E-state index is 0.0117. The van der Waals surface area contributed by atoms with Gasteiger partial charge in [0.15, 0.2) is 0 Å². The fourth-order valence-corrected chi connectivity index (χ4v) is 2.99. The molecule has 104 valence electrons. The zero-order chi connectivity index (χ0) is 14.7. The molecule has 0 heterocycles. The van der Waals surface area contributed by atoms with Crippen molar-refractivity contribution >= 4 is 54.6 Å². The molecule has 0 aliphatic carbocycles. The number of benzene rings is 2. The maximum absolute atomic E-state index is 11.3. The summed E-state index contributed by atoms with van der Waals surface area (Å²) in [6, 6.07) is 10.7. The Balaban J connectivity index is 2.51. The van der Waals surface area contributed by atoms with E-state index >= 15 is 0 Å². The van der Waals surface area contributed by atoms with Gasteiger partial charge in [-0.1, -0.05) is 12.1 Å². The summed E-state index contributed by atoms with van der Waals surface area (Å²) in [5, 5.41) is 17.2. The molecule has 5 nitrogen and oxygen atoms in total. The standard InChI is InChI=1S/C13H11Br2N3O2/c1-16-10-6-3-7-11(13(10)18(19)20)17-12-8(14)4-2-5-9(12)15/h2-7,16-17H,1H3. The summed E-state index contributed by atoms with van der Waals surface area (Å²) in [5.41, 5.74) is 1.64. The molecule has 2 aromatic rings. The highest BCUT2D eigenvalue weighted by atomic mass is 79.9. The van der Waals surface area contributed by atoms with Crippen LogP contribution in [0.15, 0.2) is 45.3 Å². The molecule has 2 rings (SSSR count). The number of rotatable bonds is 4. The van der Waals surface area contributed by atoms with Crippen LogP contribution in [-0.2, 0) is 0 Å². The molecule has 0 aliphatic heterocycles. The average Bonchev–Trinajstić information content (AvgIpc) is 2.42. The van der Waals surface area contributed by atoms with E-state index in [-0.39, 0.29) is 5.69 Å². The van der Waals surface area contributed by atoms with Crippen LogP contribution in [-0.4, -0.2) is 12.0 Å². The molecule has 0 bridgehead atoms. The highest BCUT2D eigenvalue weighted by molar-refractivity contribution is 9.11. The Kier molecular flexibility index (Phi) is 4.61. The maximum atomic E-state index is 11.3. The molecule has 0 saturated carbocycles. The van der Waals surface area contributed by atoms with Crippen molar-refractivity contribution in [3.63, 3.8) is 0 Å². The van der Waals surface area contributed by atoms with Gasteiger partial charge >= 0.3 is 5.69 Å². The van der Waals surface area contributed by atoms with Crippen molar-refractivity contribution < 1.29 is 4.92 Å². The molecular weight excluding hydrogens is 390 g/mol. The van der Waals surface area contributed by atoms with Crippen molar-refractivity contribution in [2.75, 3.05) is 17.7 Å². The second-order valence-electron chi connectivity index (χ2n) is 3.93. The molecule has 0 radical (unpaired) electrons. The first kappa shape index (κ1) is 14.8. The number of para-hydroxylation sites is 2. The molecule has 2 N–H and O–H groups in total. The molecule has 0 atom stereocenters. The summed E-state index contributed by atoms with van der Waals surface area (Å²) in [5.74, 6) is 0. The predicted molar refractivity (Wildman–Crippen MR) is 87.8 cm³/mol. The molecule has 20 heavy (non-hydrogen) atoms. The average molecular weight is 401 g/mol. The summed E-state index contributed by atoms with van der Waals surface area (Å²) < 4.78 is 1.63. The van der Waals surface area contributed by atoms with E-state index in [0.717, 1.165) is 14.6 Å². The van der Waals surface area contributed by atoms with Crippen molar-refractivity contribution in [1.82, 2.24) is 0 Å². The van der Waals surface area contributed by atoms with Crippen LogP contribution in [0.4, 0.5) is 22.7 Å². The van der Waals surface area contributed by atoms with Gasteiger partial charge in [-0.15, -0.1) is 0 Å². The van der Waals surface area contributed by atoms with E-state index in [1.54, 1.807) is 25.2 Å². The molecule has 2 aromatic carbocycles. The number of nitrogens with one attached hydrogen (secondary N) is 2. The first-order chi connectivity index (χ1) is 9.54. The van der Waals surface area contributed by atoms with Gasteiger partial charge in [-0.2, -0.15) is 0 Å². The van der Waals surface area contributed by atoms with E-state index in [1.165, 1.54) is 0 Å². The molecule has 0 aliphatic rings. The lowest BCUT2D eigenvalue weighted by molar-refractivity contribution is -0.383. The van der Waals surface area contributed by atoms with E-state index in [0.29, 0.717) is 11.4 Å². The van der Waals surface area contributed by atoms with Crippen molar-refractivity contribution in [1.29, 1.82) is 0 Å². The molecular formula is C13H11Br2N3O2. The van der Waals surface area contributed by atoms with Crippen LogP contribution >= 0.6 is 31.9 Å². The summed E-state index contributed by atoms with van der Waals surface area (Å²) >= 11 is 6.85. The monoisotopic (exact) mass is 399 g/mol. The normalized spacial score (nSPS) is 10.2. The minimum atomic E-state index is -0.404. The van der Waals surface area contributed by atoms with Crippen LogP contribution in [0.25, 0.3) is 0 Å². The Labute approximate surface area is 132 Å². The third-order valence-electron chi connectivity index (χ3n) is 2.71. The summed E-state index contributed by atoms with van der Waals surface area (Å²) in [7, 11) is 1.65. The largest absolute Gasteiger partial charge is 0.382 e. The first-order valence-electron chi connectivity index (χ1n) is 5.70. The first-order valence-corrected chi connectivity index (χ1v) is 7.29. The van der Waals surface area contributed by atoms with Gasteiger partial charge in [-0.25, -0.2) is 0 Å².